The number of carbonyl (C=O) groups is 1. The average Bonchev–Trinajstić information content (AvgIpc) is 3.25. The van der Waals surface area contributed by atoms with Crippen molar-refractivity contribution in [2.24, 2.45) is 0 Å². The summed E-state index contributed by atoms with van der Waals surface area (Å²) in [5.41, 5.74) is 2.05. The van der Waals surface area contributed by atoms with Gasteiger partial charge in [0.1, 0.15) is 6.61 Å². The minimum Gasteiger partial charge on any atom is -0.454 e. The number of fused-ring (bicyclic) bond motifs is 1. The number of benzene rings is 3. The Morgan fingerprint density at radius 3 is 2.45 bits per heavy atom. The first-order valence-electron chi connectivity index (χ1n) is 9.61. The van der Waals surface area contributed by atoms with Gasteiger partial charge < -0.3 is 19.5 Å². The smallest absolute Gasteiger partial charge is 0.408 e. The van der Waals surface area contributed by atoms with Crippen molar-refractivity contribution in [1.82, 2.24) is 5.32 Å². The number of carbonyl (C=O) groups excluding carboxylic acids is 1. The van der Waals surface area contributed by atoms with E-state index in [1.165, 1.54) is 12.1 Å². The molecule has 7 nitrogen and oxygen atoms in total. The van der Waals surface area contributed by atoms with Gasteiger partial charge in [0.05, 0.1) is 4.90 Å². The monoisotopic (exact) mass is 439 g/mol. The van der Waals surface area contributed by atoms with Crippen molar-refractivity contribution in [2.75, 3.05) is 6.79 Å². The van der Waals surface area contributed by atoms with Crippen LogP contribution in [0.4, 0.5) is 4.79 Å². The maximum atomic E-state index is 13.4. The number of rotatable bonds is 6. The van der Waals surface area contributed by atoms with Gasteiger partial charge in [-0.3, -0.25) is 0 Å². The molecule has 3 aromatic rings. The molecule has 4 rings (SSSR count). The van der Waals surface area contributed by atoms with Crippen LogP contribution in [0.25, 0.3) is 0 Å². The molecular formula is C23H21NO6S. The minimum atomic E-state index is -3.97. The van der Waals surface area contributed by atoms with Crippen molar-refractivity contribution in [2.45, 2.75) is 23.8 Å². The SMILES string of the molecule is Cc1ccc(S(=O)(=O)C(NC(=O)OCc2ccccc2)c2ccc3c(c2)OCO3)cc1. The summed E-state index contributed by atoms with van der Waals surface area (Å²) >= 11 is 0. The third-order valence-electron chi connectivity index (χ3n) is 4.82. The van der Waals surface area contributed by atoms with Gasteiger partial charge in [0, 0.05) is 0 Å². The fraction of sp³-hybridized carbons (Fsp3) is 0.174. The highest BCUT2D eigenvalue weighted by Gasteiger charge is 2.32. The van der Waals surface area contributed by atoms with Crippen molar-refractivity contribution < 1.29 is 27.4 Å². The molecule has 1 aliphatic heterocycles. The summed E-state index contributed by atoms with van der Waals surface area (Å²) in [6, 6.07) is 20.3. The molecule has 0 aliphatic carbocycles. The fourth-order valence-corrected chi connectivity index (χ4v) is 4.70. The maximum Gasteiger partial charge on any atom is 0.408 e. The van der Waals surface area contributed by atoms with E-state index in [1.54, 1.807) is 30.3 Å². The van der Waals surface area contributed by atoms with E-state index in [0.717, 1.165) is 11.1 Å². The van der Waals surface area contributed by atoms with Crippen molar-refractivity contribution in [3.63, 3.8) is 0 Å². The lowest BCUT2D eigenvalue weighted by Crippen LogP contribution is -2.34. The molecule has 3 aromatic carbocycles. The number of aryl methyl sites for hydroxylation is 1. The van der Waals surface area contributed by atoms with Crippen molar-refractivity contribution in [3.05, 3.63) is 89.5 Å². The van der Waals surface area contributed by atoms with Gasteiger partial charge in [0.25, 0.3) is 0 Å². The van der Waals surface area contributed by atoms with Gasteiger partial charge in [-0.2, -0.15) is 0 Å². The quantitative estimate of drug-likeness (QED) is 0.621. The molecule has 0 spiro atoms. The van der Waals surface area contributed by atoms with Crippen molar-refractivity contribution in [1.29, 1.82) is 0 Å². The molecule has 1 atom stereocenters. The lowest BCUT2D eigenvalue weighted by atomic mass is 10.2. The molecule has 1 aliphatic rings. The highest BCUT2D eigenvalue weighted by molar-refractivity contribution is 7.91. The molecule has 1 heterocycles. The number of hydrogen-bond donors (Lipinski definition) is 1. The molecular weight excluding hydrogens is 418 g/mol. The molecule has 1 unspecified atom stereocenters. The largest absolute Gasteiger partial charge is 0.454 e. The van der Waals surface area contributed by atoms with Crippen LogP contribution in [0.3, 0.4) is 0 Å². The fourth-order valence-electron chi connectivity index (χ4n) is 3.15. The van der Waals surface area contributed by atoms with Crippen LogP contribution in [-0.4, -0.2) is 21.3 Å². The van der Waals surface area contributed by atoms with Gasteiger partial charge in [0.2, 0.25) is 16.6 Å². The van der Waals surface area contributed by atoms with Crippen molar-refractivity contribution >= 4 is 15.9 Å². The second-order valence-electron chi connectivity index (χ2n) is 7.06. The maximum absolute atomic E-state index is 13.4. The molecule has 160 valence electrons. The Morgan fingerprint density at radius 2 is 1.71 bits per heavy atom. The Morgan fingerprint density at radius 1 is 1.00 bits per heavy atom. The molecule has 8 heteroatoms. The predicted octanol–water partition coefficient (Wildman–Crippen LogP) is 4.12. The Kier molecular flexibility index (Phi) is 5.81. The van der Waals surface area contributed by atoms with Crippen LogP contribution in [0.5, 0.6) is 11.5 Å². The summed E-state index contributed by atoms with van der Waals surface area (Å²) in [4.78, 5) is 12.6. The van der Waals surface area contributed by atoms with E-state index >= 15 is 0 Å². The van der Waals surface area contributed by atoms with E-state index < -0.39 is 21.3 Å². The topological polar surface area (TPSA) is 90.9 Å². The summed E-state index contributed by atoms with van der Waals surface area (Å²) in [6.07, 6.45) is -0.845. The van der Waals surface area contributed by atoms with Crippen molar-refractivity contribution in [3.8, 4) is 11.5 Å². The second-order valence-corrected chi connectivity index (χ2v) is 9.09. The summed E-state index contributed by atoms with van der Waals surface area (Å²) in [5, 5.41) is 1.14. The highest BCUT2D eigenvalue weighted by atomic mass is 32.2. The second kappa shape index (κ2) is 8.69. The number of amides is 1. The van der Waals surface area contributed by atoms with Gasteiger partial charge in [0.15, 0.2) is 16.9 Å². The normalized spacial score (nSPS) is 13.5. The summed E-state index contributed by atoms with van der Waals surface area (Å²) in [5.74, 6) is 0.933. The highest BCUT2D eigenvalue weighted by Crippen LogP contribution is 2.36. The van der Waals surface area contributed by atoms with Crippen LogP contribution in [0.15, 0.2) is 77.7 Å². The Hall–Kier alpha value is -3.52. The van der Waals surface area contributed by atoms with E-state index in [0.29, 0.717) is 17.1 Å². The van der Waals surface area contributed by atoms with Crippen LogP contribution in [0.2, 0.25) is 0 Å². The van der Waals surface area contributed by atoms with Gasteiger partial charge in [-0.1, -0.05) is 54.1 Å². The van der Waals surface area contributed by atoms with Crippen LogP contribution in [-0.2, 0) is 21.2 Å². The molecule has 1 amide bonds. The molecule has 0 radical (unpaired) electrons. The third kappa shape index (κ3) is 4.64. The zero-order chi connectivity index (χ0) is 21.8. The number of hydrogen-bond acceptors (Lipinski definition) is 6. The summed E-state index contributed by atoms with van der Waals surface area (Å²) in [7, 11) is -3.97. The molecule has 0 fully saturated rings. The van der Waals surface area contributed by atoms with Crippen LogP contribution in [0.1, 0.15) is 22.1 Å². The molecule has 0 bridgehead atoms. The van der Waals surface area contributed by atoms with Crippen LogP contribution < -0.4 is 14.8 Å². The average molecular weight is 439 g/mol. The lowest BCUT2D eigenvalue weighted by Gasteiger charge is -2.20. The van der Waals surface area contributed by atoms with Gasteiger partial charge in [-0.05, 0) is 42.3 Å². The van der Waals surface area contributed by atoms with Crippen LogP contribution in [0, 0.1) is 6.92 Å². The van der Waals surface area contributed by atoms with E-state index in [1.807, 2.05) is 37.3 Å². The molecule has 0 saturated carbocycles. The molecule has 0 saturated heterocycles. The Labute approximate surface area is 180 Å². The standard InChI is InChI=1S/C23H21NO6S/c1-16-7-10-19(11-8-16)31(26,27)22(18-9-12-20-21(13-18)30-15-29-20)24-23(25)28-14-17-5-3-2-4-6-17/h2-13,22H,14-15H2,1H3,(H,24,25). The summed E-state index contributed by atoms with van der Waals surface area (Å²) < 4.78 is 42.8. The van der Waals surface area contributed by atoms with Gasteiger partial charge >= 0.3 is 6.09 Å². The third-order valence-corrected chi connectivity index (χ3v) is 6.76. The van der Waals surface area contributed by atoms with E-state index in [-0.39, 0.29) is 18.3 Å². The number of alkyl carbamates (subject to hydrolysis) is 1. The predicted molar refractivity (Wildman–Crippen MR) is 113 cm³/mol. The number of nitrogens with one attached hydrogen (secondary N) is 1. The molecule has 1 N–H and O–H groups in total. The zero-order valence-corrected chi connectivity index (χ0v) is 17.6. The van der Waals surface area contributed by atoms with E-state index in [4.69, 9.17) is 14.2 Å². The first kappa shape index (κ1) is 20.7. The first-order chi connectivity index (χ1) is 14.9. The molecule has 0 aromatic heterocycles. The minimum absolute atomic E-state index is 0.0190. The lowest BCUT2D eigenvalue weighted by molar-refractivity contribution is 0.138. The first-order valence-corrected chi connectivity index (χ1v) is 11.2. The Bertz CT molecular complexity index is 1180. The van der Waals surface area contributed by atoms with Crippen LogP contribution >= 0.6 is 0 Å². The number of sulfone groups is 1. The van der Waals surface area contributed by atoms with E-state index in [2.05, 4.69) is 5.32 Å². The van der Waals surface area contributed by atoms with Gasteiger partial charge in [-0.25, -0.2) is 13.2 Å². The summed E-state index contributed by atoms with van der Waals surface area (Å²) in [6.45, 7) is 1.94. The zero-order valence-electron chi connectivity index (χ0n) is 16.8. The van der Waals surface area contributed by atoms with E-state index in [9.17, 15) is 13.2 Å². The number of ether oxygens (including phenoxy) is 3. The van der Waals surface area contributed by atoms with Gasteiger partial charge in [-0.15, -0.1) is 0 Å². The molecule has 31 heavy (non-hydrogen) atoms. The Balaban J connectivity index is 1.62.